The average Bonchev–Trinajstić information content (AvgIpc) is 1.57. The van der Waals surface area contributed by atoms with Crippen LogP contribution in [-0.4, -0.2) is 25.2 Å². The van der Waals surface area contributed by atoms with Gasteiger partial charge in [-0.25, -0.2) is 0 Å². The Labute approximate surface area is 51.2 Å². The Morgan fingerprint density at radius 2 is 2.25 bits per heavy atom. The van der Waals surface area contributed by atoms with E-state index in [2.05, 4.69) is 0 Å². The van der Waals surface area contributed by atoms with E-state index in [0.29, 0.717) is 0 Å². The van der Waals surface area contributed by atoms with Crippen LogP contribution >= 0.6 is 0 Å². The minimum atomic E-state index is -4.08. The lowest BCUT2D eigenvalue weighted by atomic mass is 10.5. The van der Waals surface area contributed by atoms with E-state index in [-0.39, 0.29) is 0 Å². The van der Waals surface area contributed by atoms with Gasteiger partial charge in [0.05, 0.1) is 5.75 Å². The molecule has 0 amide bonds. The first-order valence-electron chi connectivity index (χ1n) is 2.95. The maximum absolute atomic E-state index is 10.0. The molecule has 50 valence electrons. The van der Waals surface area contributed by atoms with Crippen LogP contribution in [0, 0.1) is 0 Å². The standard InChI is InChI=1S/C3H9NO3S/c4-2-1-3-8(5,6)7/h1-4H2,(H,5,6,7)/i2D2. The van der Waals surface area contributed by atoms with Gasteiger partial charge in [-0.3, -0.25) is 4.55 Å². The van der Waals surface area contributed by atoms with Gasteiger partial charge in [0.15, 0.2) is 0 Å². The molecule has 0 saturated carbocycles. The van der Waals surface area contributed by atoms with Gasteiger partial charge in [0.1, 0.15) is 0 Å². The van der Waals surface area contributed by atoms with Crippen LogP contribution in [0.2, 0.25) is 0 Å². The van der Waals surface area contributed by atoms with Gasteiger partial charge >= 0.3 is 0 Å². The van der Waals surface area contributed by atoms with Gasteiger partial charge in [0.2, 0.25) is 0 Å². The summed E-state index contributed by atoms with van der Waals surface area (Å²) in [7, 11) is -4.08. The third-order valence-electron chi connectivity index (χ3n) is 0.504. The van der Waals surface area contributed by atoms with Crippen molar-refractivity contribution in [2.24, 2.45) is 5.73 Å². The third-order valence-corrected chi connectivity index (χ3v) is 1.22. The third kappa shape index (κ3) is 5.87. The highest BCUT2D eigenvalue weighted by Crippen LogP contribution is 1.83. The van der Waals surface area contributed by atoms with Gasteiger partial charge < -0.3 is 5.73 Å². The lowest BCUT2D eigenvalue weighted by molar-refractivity contribution is 0.481. The van der Waals surface area contributed by atoms with E-state index in [1.807, 2.05) is 0 Å². The summed E-state index contributed by atoms with van der Waals surface area (Å²) in [6.45, 7) is -2.03. The summed E-state index contributed by atoms with van der Waals surface area (Å²) in [5.74, 6) is -0.642. The smallest absolute Gasteiger partial charge is 0.264 e. The van der Waals surface area contributed by atoms with Gasteiger partial charge in [-0.2, -0.15) is 8.42 Å². The summed E-state index contributed by atoms with van der Waals surface area (Å²) in [5, 5.41) is 0. The second kappa shape index (κ2) is 3.01. The van der Waals surface area contributed by atoms with Crippen molar-refractivity contribution in [1.82, 2.24) is 0 Å². The molecular weight excluding hydrogens is 130 g/mol. The highest BCUT2D eigenvalue weighted by atomic mass is 32.2. The molecule has 0 aromatic carbocycles. The maximum atomic E-state index is 10.0. The van der Waals surface area contributed by atoms with Crippen LogP contribution in [0.1, 0.15) is 9.16 Å². The van der Waals surface area contributed by atoms with Gasteiger partial charge in [0, 0.05) is 2.74 Å². The number of rotatable bonds is 3. The molecule has 4 nitrogen and oxygen atoms in total. The summed E-state index contributed by atoms with van der Waals surface area (Å²) in [5.41, 5.74) is 4.80. The average molecular weight is 141 g/mol. The summed E-state index contributed by atoms with van der Waals surface area (Å²) in [4.78, 5) is 0. The fraction of sp³-hybridized carbons (Fsp3) is 1.00. The molecule has 0 fully saturated rings. The van der Waals surface area contributed by atoms with E-state index >= 15 is 0 Å². The zero-order valence-electron chi connectivity index (χ0n) is 6.16. The fourth-order valence-electron chi connectivity index (χ4n) is 0.188. The molecule has 0 atom stereocenters. The molecule has 0 heterocycles. The Bertz CT molecular complexity index is 194. The van der Waals surface area contributed by atoms with Gasteiger partial charge in [0.25, 0.3) is 10.1 Å². The second-order valence-electron chi connectivity index (χ2n) is 1.24. The highest BCUT2D eigenvalue weighted by molar-refractivity contribution is 7.85. The van der Waals surface area contributed by atoms with Crippen molar-refractivity contribution in [3.05, 3.63) is 0 Å². The van der Waals surface area contributed by atoms with Crippen LogP contribution in [0.3, 0.4) is 0 Å². The van der Waals surface area contributed by atoms with Gasteiger partial charge in [-0.05, 0) is 12.9 Å². The Hall–Kier alpha value is -0.130. The molecule has 0 aromatic heterocycles. The van der Waals surface area contributed by atoms with E-state index in [1.54, 1.807) is 0 Å². The van der Waals surface area contributed by atoms with Crippen molar-refractivity contribution in [3.8, 4) is 0 Å². The minimum Gasteiger partial charge on any atom is -0.330 e. The first kappa shape index (κ1) is 4.72. The molecule has 0 aliphatic carbocycles. The zero-order chi connectivity index (χ0) is 8.41. The van der Waals surface area contributed by atoms with Gasteiger partial charge in [-0.1, -0.05) is 0 Å². The van der Waals surface area contributed by atoms with Crippen molar-refractivity contribution in [2.75, 3.05) is 12.2 Å². The Morgan fingerprint density at radius 3 is 2.38 bits per heavy atom. The van der Waals surface area contributed by atoms with Crippen LogP contribution in [0.5, 0.6) is 0 Å². The highest BCUT2D eigenvalue weighted by Gasteiger charge is 2.00. The molecule has 3 N–H and O–H groups in total. The summed E-state index contributed by atoms with van der Waals surface area (Å²) >= 11 is 0. The zero-order valence-corrected chi connectivity index (χ0v) is 4.98. The van der Waals surface area contributed by atoms with E-state index in [0.717, 1.165) is 0 Å². The summed E-state index contributed by atoms with van der Waals surface area (Å²) in [6, 6.07) is 0. The van der Waals surface area contributed by atoms with Crippen LogP contribution in [0.25, 0.3) is 0 Å². The molecule has 0 aliphatic heterocycles. The van der Waals surface area contributed by atoms with Crippen molar-refractivity contribution >= 4 is 10.1 Å². The first-order chi connectivity index (χ1) is 4.21. The topological polar surface area (TPSA) is 80.4 Å². The molecule has 0 saturated heterocycles. The number of hydrogen-bond acceptors (Lipinski definition) is 3. The SMILES string of the molecule is [2H]C([2H])(N)CCS(=O)(=O)O. The monoisotopic (exact) mass is 141 g/mol. The molecule has 0 unspecified atom stereocenters. The molecule has 0 aliphatic rings. The Morgan fingerprint density at radius 1 is 1.75 bits per heavy atom. The predicted octanol–water partition coefficient (Wildman–Crippen LogP) is -0.777. The molecule has 0 aromatic rings. The first-order valence-corrected chi connectivity index (χ1v) is 3.56. The summed E-state index contributed by atoms with van der Waals surface area (Å²) < 4.78 is 41.5. The normalized spacial score (nSPS) is 17.2. The second-order valence-corrected chi connectivity index (χ2v) is 2.81. The van der Waals surface area contributed by atoms with E-state index in [1.165, 1.54) is 0 Å². The molecule has 0 rings (SSSR count). The van der Waals surface area contributed by atoms with Gasteiger partial charge in [-0.15, -0.1) is 0 Å². The van der Waals surface area contributed by atoms with Crippen LogP contribution < -0.4 is 5.73 Å². The number of hydrogen-bond donors (Lipinski definition) is 2. The largest absolute Gasteiger partial charge is 0.330 e. The molecule has 8 heavy (non-hydrogen) atoms. The predicted molar refractivity (Wildman–Crippen MR) is 30.1 cm³/mol. The van der Waals surface area contributed by atoms with E-state index in [9.17, 15) is 8.42 Å². The van der Waals surface area contributed by atoms with Crippen molar-refractivity contribution in [2.45, 2.75) is 6.42 Å². The van der Waals surface area contributed by atoms with Crippen molar-refractivity contribution < 1.29 is 15.7 Å². The number of nitrogens with two attached hydrogens (primary N) is 1. The Kier molecular flexibility index (Phi) is 1.78. The van der Waals surface area contributed by atoms with Crippen LogP contribution in [0.15, 0.2) is 0 Å². The maximum Gasteiger partial charge on any atom is 0.264 e. The molecular formula is C3H9NO3S. The fourth-order valence-corrected chi connectivity index (χ4v) is 0.564. The molecule has 0 bridgehead atoms. The molecule has 5 heteroatoms. The molecule has 0 spiro atoms. The van der Waals surface area contributed by atoms with E-state index in [4.69, 9.17) is 13.0 Å². The van der Waals surface area contributed by atoms with Crippen molar-refractivity contribution in [1.29, 1.82) is 0 Å². The van der Waals surface area contributed by atoms with Crippen LogP contribution in [-0.2, 0) is 10.1 Å². The quantitative estimate of drug-likeness (QED) is 0.505. The summed E-state index contributed by atoms with van der Waals surface area (Å²) in [6.07, 6.45) is -0.397. The lowest BCUT2D eigenvalue weighted by Crippen LogP contribution is -2.09. The lowest BCUT2D eigenvalue weighted by Gasteiger charge is -1.90. The molecule has 0 radical (unpaired) electrons. The Balaban J connectivity index is 3.79. The minimum absolute atomic E-state index is 0.397. The van der Waals surface area contributed by atoms with Crippen LogP contribution in [0.4, 0.5) is 0 Å². The van der Waals surface area contributed by atoms with Crippen molar-refractivity contribution in [3.63, 3.8) is 0 Å². The van der Waals surface area contributed by atoms with E-state index < -0.39 is 28.8 Å².